The molecule has 0 spiro atoms. The number of hydrogen-bond acceptors (Lipinski definition) is 2. The Morgan fingerprint density at radius 1 is 1.22 bits per heavy atom. The van der Waals surface area contributed by atoms with Crippen molar-refractivity contribution in [3.63, 3.8) is 0 Å². The molecule has 0 unspecified atom stereocenters. The number of anilines is 1. The lowest BCUT2D eigenvalue weighted by atomic mass is 9.82. The molecule has 0 radical (unpaired) electrons. The van der Waals surface area contributed by atoms with E-state index >= 15 is 0 Å². The number of fused-ring (bicyclic) bond motifs is 1. The van der Waals surface area contributed by atoms with Crippen molar-refractivity contribution in [2.75, 3.05) is 11.9 Å². The molecular weight excluding hydrogens is 224 g/mol. The molecule has 1 amide bonds. The molecule has 1 fully saturated rings. The SMILES string of the molecule is CN1C(=O)CCc2c1cccc2C1(N)CCCC1. The molecule has 3 heteroatoms. The van der Waals surface area contributed by atoms with Crippen LogP contribution in [0.1, 0.15) is 43.2 Å². The fourth-order valence-electron chi connectivity index (χ4n) is 3.43. The summed E-state index contributed by atoms with van der Waals surface area (Å²) in [7, 11) is 1.86. The van der Waals surface area contributed by atoms with Crippen molar-refractivity contribution >= 4 is 11.6 Å². The first-order valence-corrected chi connectivity index (χ1v) is 6.80. The highest BCUT2D eigenvalue weighted by Crippen LogP contribution is 2.41. The lowest BCUT2D eigenvalue weighted by Crippen LogP contribution is -2.37. The predicted octanol–water partition coefficient (Wildman–Crippen LogP) is 2.32. The number of benzene rings is 1. The van der Waals surface area contributed by atoms with Crippen LogP contribution >= 0.6 is 0 Å². The summed E-state index contributed by atoms with van der Waals surface area (Å²) >= 11 is 0. The first kappa shape index (κ1) is 11.7. The van der Waals surface area contributed by atoms with E-state index in [0.29, 0.717) is 6.42 Å². The zero-order chi connectivity index (χ0) is 12.8. The largest absolute Gasteiger partial charge is 0.321 e. The van der Waals surface area contributed by atoms with E-state index in [0.717, 1.165) is 24.9 Å². The van der Waals surface area contributed by atoms with E-state index in [2.05, 4.69) is 6.07 Å². The lowest BCUT2D eigenvalue weighted by Gasteiger charge is -2.33. The maximum Gasteiger partial charge on any atom is 0.227 e. The molecule has 3 nitrogen and oxygen atoms in total. The average molecular weight is 244 g/mol. The summed E-state index contributed by atoms with van der Waals surface area (Å²) < 4.78 is 0. The minimum absolute atomic E-state index is 0.160. The predicted molar refractivity (Wildman–Crippen MR) is 72.5 cm³/mol. The molecular formula is C15H20N2O. The van der Waals surface area contributed by atoms with Crippen LogP contribution < -0.4 is 10.6 Å². The Morgan fingerprint density at radius 2 is 1.94 bits per heavy atom. The molecule has 0 saturated heterocycles. The van der Waals surface area contributed by atoms with Gasteiger partial charge in [-0.25, -0.2) is 0 Å². The summed E-state index contributed by atoms with van der Waals surface area (Å²) in [6.07, 6.45) is 6.02. The standard InChI is InChI=1S/C15H20N2O/c1-17-13-6-4-5-12(11(13)7-8-14(17)18)15(16)9-2-3-10-15/h4-6H,2-3,7-10,16H2,1H3. The fourth-order valence-corrected chi connectivity index (χ4v) is 3.43. The van der Waals surface area contributed by atoms with Crippen molar-refractivity contribution in [3.8, 4) is 0 Å². The minimum Gasteiger partial charge on any atom is -0.321 e. The van der Waals surface area contributed by atoms with Gasteiger partial charge in [0.1, 0.15) is 0 Å². The van der Waals surface area contributed by atoms with Crippen molar-refractivity contribution in [1.82, 2.24) is 0 Å². The molecule has 0 aromatic heterocycles. The van der Waals surface area contributed by atoms with Crippen LogP contribution in [0, 0.1) is 0 Å². The van der Waals surface area contributed by atoms with Crippen LogP contribution in [0.4, 0.5) is 5.69 Å². The molecule has 1 aliphatic carbocycles. The van der Waals surface area contributed by atoms with Crippen LogP contribution in [0.25, 0.3) is 0 Å². The van der Waals surface area contributed by atoms with Crippen LogP contribution in [-0.4, -0.2) is 13.0 Å². The number of hydrogen-bond donors (Lipinski definition) is 1. The summed E-state index contributed by atoms with van der Waals surface area (Å²) in [5.41, 5.74) is 10.0. The van der Waals surface area contributed by atoms with Gasteiger partial charge >= 0.3 is 0 Å². The first-order chi connectivity index (χ1) is 8.62. The van der Waals surface area contributed by atoms with Gasteiger partial charge < -0.3 is 10.6 Å². The Bertz CT molecular complexity index is 489. The zero-order valence-electron chi connectivity index (χ0n) is 10.9. The van der Waals surface area contributed by atoms with E-state index < -0.39 is 0 Å². The number of nitrogens with two attached hydrogens (primary N) is 1. The van der Waals surface area contributed by atoms with Gasteiger partial charge in [-0.1, -0.05) is 25.0 Å². The highest BCUT2D eigenvalue weighted by Gasteiger charge is 2.35. The van der Waals surface area contributed by atoms with Gasteiger partial charge in [-0.05, 0) is 36.5 Å². The normalized spacial score (nSPS) is 22.1. The van der Waals surface area contributed by atoms with E-state index in [1.54, 1.807) is 4.90 Å². The van der Waals surface area contributed by atoms with Gasteiger partial charge in [0, 0.05) is 24.7 Å². The van der Waals surface area contributed by atoms with Gasteiger partial charge in [0.25, 0.3) is 0 Å². The van der Waals surface area contributed by atoms with E-state index in [1.165, 1.54) is 24.0 Å². The van der Waals surface area contributed by atoms with Crippen molar-refractivity contribution in [1.29, 1.82) is 0 Å². The van der Waals surface area contributed by atoms with Gasteiger partial charge in [0.2, 0.25) is 5.91 Å². The monoisotopic (exact) mass is 244 g/mol. The van der Waals surface area contributed by atoms with E-state index in [4.69, 9.17) is 5.73 Å². The molecule has 18 heavy (non-hydrogen) atoms. The average Bonchev–Trinajstić information content (AvgIpc) is 2.81. The molecule has 0 atom stereocenters. The number of carbonyl (C=O) groups is 1. The van der Waals surface area contributed by atoms with Crippen molar-refractivity contribution in [3.05, 3.63) is 29.3 Å². The Labute approximate surface area is 108 Å². The Kier molecular flexibility index (Phi) is 2.67. The molecule has 1 aromatic rings. The Morgan fingerprint density at radius 3 is 2.67 bits per heavy atom. The van der Waals surface area contributed by atoms with Gasteiger partial charge in [0.15, 0.2) is 0 Å². The summed E-state index contributed by atoms with van der Waals surface area (Å²) in [5, 5.41) is 0. The number of nitrogens with zero attached hydrogens (tertiary/aromatic N) is 1. The van der Waals surface area contributed by atoms with Crippen LogP contribution in [0.3, 0.4) is 0 Å². The maximum absolute atomic E-state index is 11.8. The molecule has 96 valence electrons. The summed E-state index contributed by atoms with van der Waals surface area (Å²) in [6.45, 7) is 0. The Balaban J connectivity index is 2.10. The summed E-state index contributed by atoms with van der Waals surface area (Å²) in [6, 6.07) is 6.23. The molecule has 1 heterocycles. The molecule has 2 aliphatic rings. The molecule has 0 bridgehead atoms. The van der Waals surface area contributed by atoms with Gasteiger partial charge in [-0.2, -0.15) is 0 Å². The minimum atomic E-state index is -0.160. The Hall–Kier alpha value is -1.35. The topological polar surface area (TPSA) is 46.3 Å². The zero-order valence-corrected chi connectivity index (χ0v) is 10.9. The third-order valence-corrected chi connectivity index (χ3v) is 4.51. The molecule has 1 saturated carbocycles. The highest BCUT2D eigenvalue weighted by molar-refractivity contribution is 5.96. The third-order valence-electron chi connectivity index (χ3n) is 4.51. The van der Waals surface area contributed by atoms with Crippen LogP contribution in [0.5, 0.6) is 0 Å². The second-order valence-corrected chi connectivity index (χ2v) is 5.62. The number of amides is 1. The van der Waals surface area contributed by atoms with Gasteiger partial charge in [-0.3, -0.25) is 4.79 Å². The second kappa shape index (κ2) is 4.09. The van der Waals surface area contributed by atoms with Crippen molar-refractivity contribution < 1.29 is 4.79 Å². The van der Waals surface area contributed by atoms with Gasteiger partial charge in [-0.15, -0.1) is 0 Å². The van der Waals surface area contributed by atoms with E-state index in [1.807, 2.05) is 19.2 Å². The molecule has 1 aromatic carbocycles. The van der Waals surface area contributed by atoms with Gasteiger partial charge in [0.05, 0.1) is 0 Å². The molecule has 2 N–H and O–H groups in total. The van der Waals surface area contributed by atoms with E-state index in [-0.39, 0.29) is 11.4 Å². The lowest BCUT2D eigenvalue weighted by molar-refractivity contribution is -0.118. The molecule has 3 rings (SSSR count). The van der Waals surface area contributed by atoms with Crippen LogP contribution in [-0.2, 0) is 16.8 Å². The summed E-state index contributed by atoms with van der Waals surface area (Å²) in [5.74, 6) is 0.206. The maximum atomic E-state index is 11.8. The highest BCUT2D eigenvalue weighted by atomic mass is 16.2. The fraction of sp³-hybridized carbons (Fsp3) is 0.533. The van der Waals surface area contributed by atoms with Crippen LogP contribution in [0.2, 0.25) is 0 Å². The van der Waals surface area contributed by atoms with Crippen molar-refractivity contribution in [2.24, 2.45) is 5.73 Å². The van der Waals surface area contributed by atoms with Crippen LogP contribution in [0.15, 0.2) is 18.2 Å². The number of carbonyl (C=O) groups excluding carboxylic acids is 1. The van der Waals surface area contributed by atoms with Crippen molar-refractivity contribution in [2.45, 2.75) is 44.1 Å². The van der Waals surface area contributed by atoms with E-state index in [9.17, 15) is 4.79 Å². The third kappa shape index (κ3) is 1.65. The quantitative estimate of drug-likeness (QED) is 0.824. The number of rotatable bonds is 1. The summed E-state index contributed by atoms with van der Waals surface area (Å²) in [4.78, 5) is 13.5. The second-order valence-electron chi connectivity index (χ2n) is 5.62. The molecule has 1 aliphatic heterocycles. The first-order valence-electron chi connectivity index (χ1n) is 6.80. The smallest absolute Gasteiger partial charge is 0.227 e.